The molecule has 1 heterocycles. The fourth-order valence-corrected chi connectivity index (χ4v) is 3.31. The Kier molecular flexibility index (Phi) is 3.68. The summed E-state index contributed by atoms with van der Waals surface area (Å²) >= 11 is 0. The predicted molar refractivity (Wildman–Crippen MR) is 94.7 cm³/mol. The van der Waals surface area contributed by atoms with Gasteiger partial charge in [0.05, 0.1) is 5.92 Å². The summed E-state index contributed by atoms with van der Waals surface area (Å²) in [5.74, 6) is 0.576. The third-order valence-electron chi connectivity index (χ3n) is 4.40. The summed E-state index contributed by atoms with van der Waals surface area (Å²) in [7, 11) is 0. The number of carbonyl (C=O) groups is 1. The number of ether oxygens (including phenoxy) is 1. The van der Waals surface area contributed by atoms with E-state index in [1.165, 1.54) is 0 Å². The van der Waals surface area contributed by atoms with Crippen LogP contribution in [0.3, 0.4) is 0 Å². The summed E-state index contributed by atoms with van der Waals surface area (Å²) in [6.45, 7) is 0. The first kappa shape index (κ1) is 15.0. The Morgan fingerprint density at radius 1 is 1.00 bits per heavy atom. The highest BCUT2D eigenvalue weighted by atomic mass is 16.5. The predicted octanol–water partition coefficient (Wildman–Crippen LogP) is 3.85. The van der Waals surface area contributed by atoms with E-state index in [4.69, 9.17) is 4.74 Å². The Morgan fingerprint density at radius 3 is 2.52 bits per heavy atom. The fraction of sp³-hybridized carbons (Fsp3) is 0.0476. The lowest BCUT2D eigenvalue weighted by molar-refractivity contribution is -0.109. The van der Waals surface area contributed by atoms with Gasteiger partial charge in [0.2, 0.25) is 12.3 Å². The molecule has 1 N–H and O–H groups in total. The van der Waals surface area contributed by atoms with Crippen molar-refractivity contribution in [1.29, 1.82) is 5.26 Å². The Hall–Kier alpha value is -3.58. The van der Waals surface area contributed by atoms with Crippen molar-refractivity contribution in [2.45, 2.75) is 5.92 Å². The van der Waals surface area contributed by atoms with Crippen LogP contribution in [0.4, 0.5) is 0 Å². The average molecular weight is 326 g/mol. The molecule has 4 nitrogen and oxygen atoms in total. The summed E-state index contributed by atoms with van der Waals surface area (Å²) in [5.41, 5.74) is 2.28. The van der Waals surface area contributed by atoms with Crippen molar-refractivity contribution in [3.63, 3.8) is 0 Å². The molecule has 0 radical (unpaired) electrons. The molecular weight excluding hydrogens is 312 g/mol. The van der Waals surface area contributed by atoms with Gasteiger partial charge in [0.25, 0.3) is 0 Å². The van der Waals surface area contributed by atoms with E-state index in [0.29, 0.717) is 17.7 Å². The highest BCUT2D eigenvalue weighted by Gasteiger charge is 2.32. The Labute approximate surface area is 145 Å². The minimum atomic E-state index is -0.290. The van der Waals surface area contributed by atoms with E-state index in [-0.39, 0.29) is 11.8 Å². The number of nitrogens with one attached hydrogen (secondary N) is 1. The number of carbonyl (C=O) groups excluding carboxylic acids is 1. The minimum absolute atomic E-state index is 0.190. The standard InChI is InChI=1S/C21H14N2O2/c22-12-18-19(15-7-2-1-3-8-15)17-11-10-14-6-4-5-9-16(14)20(17)25-21(18)23-13-24/h1-11,13,19H,(H,23,24). The first-order chi connectivity index (χ1) is 12.3. The number of allylic oxidation sites excluding steroid dienone is 1. The maximum absolute atomic E-state index is 11.0. The molecule has 1 atom stereocenters. The van der Waals surface area contributed by atoms with E-state index in [1.54, 1.807) is 0 Å². The topological polar surface area (TPSA) is 62.1 Å². The molecule has 120 valence electrons. The molecule has 1 unspecified atom stereocenters. The van der Waals surface area contributed by atoms with Gasteiger partial charge in [-0.25, -0.2) is 0 Å². The third kappa shape index (κ3) is 2.43. The molecule has 4 rings (SSSR count). The molecule has 0 saturated heterocycles. The van der Waals surface area contributed by atoms with Crippen LogP contribution < -0.4 is 10.1 Å². The van der Waals surface area contributed by atoms with Gasteiger partial charge >= 0.3 is 0 Å². The number of hydrogen-bond donors (Lipinski definition) is 1. The second kappa shape index (κ2) is 6.14. The first-order valence-electron chi connectivity index (χ1n) is 7.92. The van der Waals surface area contributed by atoms with E-state index in [2.05, 4.69) is 11.4 Å². The number of nitriles is 1. The van der Waals surface area contributed by atoms with E-state index >= 15 is 0 Å². The number of nitrogens with zero attached hydrogens (tertiary/aromatic N) is 1. The normalized spacial score (nSPS) is 15.9. The lowest BCUT2D eigenvalue weighted by Crippen LogP contribution is -2.25. The number of rotatable bonds is 3. The smallest absolute Gasteiger partial charge is 0.214 e. The Balaban J connectivity index is 2.02. The molecule has 0 fully saturated rings. The molecule has 4 heteroatoms. The van der Waals surface area contributed by atoms with E-state index in [9.17, 15) is 10.1 Å². The molecule has 25 heavy (non-hydrogen) atoms. The van der Waals surface area contributed by atoms with Gasteiger partial charge in [0, 0.05) is 10.9 Å². The SMILES string of the molecule is N#CC1=C(NC=O)Oc2c(ccc3ccccc23)C1c1ccccc1. The van der Waals surface area contributed by atoms with Crippen LogP contribution in [-0.2, 0) is 4.79 Å². The van der Waals surface area contributed by atoms with Crippen LogP contribution in [0.2, 0.25) is 0 Å². The quantitative estimate of drug-likeness (QED) is 0.744. The highest BCUT2D eigenvalue weighted by molar-refractivity contribution is 5.91. The average Bonchev–Trinajstić information content (AvgIpc) is 2.67. The summed E-state index contributed by atoms with van der Waals surface area (Å²) in [5, 5.41) is 14.2. The molecule has 1 aliphatic rings. The number of fused-ring (bicyclic) bond motifs is 3. The van der Waals surface area contributed by atoms with Gasteiger partial charge in [-0.15, -0.1) is 0 Å². The van der Waals surface area contributed by atoms with Gasteiger partial charge in [0.15, 0.2) is 0 Å². The van der Waals surface area contributed by atoms with Crippen LogP contribution >= 0.6 is 0 Å². The third-order valence-corrected chi connectivity index (χ3v) is 4.40. The van der Waals surface area contributed by atoms with Crippen molar-refractivity contribution in [2.75, 3.05) is 0 Å². The molecule has 0 bridgehead atoms. The zero-order valence-corrected chi connectivity index (χ0v) is 13.3. The minimum Gasteiger partial charge on any atom is -0.439 e. The maximum Gasteiger partial charge on any atom is 0.214 e. The van der Waals surface area contributed by atoms with Gasteiger partial charge in [0.1, 0.15) is 17.4 Å². The van der Waals surface area contributed by atoms with Crippen molar-refractivity contribution in [3.05, 3.63) is 89.3 Å². The summed E-state index contributed by atoms with van der Waals surface area (Å²) in [6, 6.07) is 23.9. The highest BCUT2D eigenvalue weighted by Crippen LogP contribution is 2.45. The van der Waals surface area contributed by atoms with Crippen LogP contribution in [0.25, 0.3) is 10.8 Å². The maximum atomic E-state index is 11.0. The molecule has 0 aromatic heterocycles. The summed E-state index contributed by atoms with van der Waals surface area (Å²) in [4.78, 5) is 11.0. The van der Waals surface area contributed by atoms with E-state index < -0.39 is 0 Å². The summed E-state index contributed by atoms with van der Waals surface area (Å²) < 4.78 is 5.96. The van der Waals surface area contributed by atoms with Gasteiger partial charge < -0.3 is 4.74 Å². The zero-order chi connectivity index (χ0) is 17.2. The molecule has 3 aromatic rings. The molecule has 1 amide bonds. The van der Waals surface area contributed by atoms with Crippen LogP contribution in [0, 0.1) is 11.3 Å². The molecular formula is C21H14N2O2. The van der Waals surface area contributed by atoms with Crippen molar-refractivity contribution in [3.8, 4) is 11.8 Å². The van der Waals surface area contributed by atoms with Gasteiger partial charge in [-0.3, -0.25) is 10.1 Å². The van der Waals surface area contributed by atoms with E-state index in [0.717, 1.165) is 21.9 Å². The molecule has 0 saturated carbocycles. The molecule has 0 spiro atoms. The monoisotopic (exact) mass is 326 g/mol. The Bertz CT molecular complexity index is 1030. The summed E-state index contributed by atoms with van der Waals surface area (Å²) in [6.07, 6.45) is 0.533. The Morgan fingerprint density at radius 2 is 1.76 bits per heavy atom. The van der Waals surface area contributed by atoms with Gasteiger partial charge in [-0.05, 0) is 10.9 Å². The number of amides is 1. The second-order valence-electron chi connectivity index (χ2n) is 5.77. The fourth-order valence-electron chi connectivity index (χ4n) is 3.31. The van der Waals surface area contributed by atoms with Crippen molar-refractivity contribution >= 4 is 17.2 Å². The van der Waals surface area contributed by atoms with Crippen LogP contribution in [0.5, 0.6) is 5.75 Å². The van der Waals surface area contributed by atoms with E-state index in [1.807, 2.05) is 66.7 Å². The van der Waals surface area contributed by atoms with Gasteiger partial charge in [-0.2, -0.15) is 5.26 Å². The lowest BCUT2D eigenvalue weighted by atomic mass is 9.82. The number of benzene rings is 3. The molecule has 0 aliphatic carbocycles. The van der Waals surface area contributed by atoms with Gasteiger partial charge in [-0.1, -0.05) is 66.7 Å². The molecule has 1 aliphatic heterocycles. The van der Waals surface area contributed by atoms with Crippen LogP contribution in [0.1, 0.15) is 17.0 Å². The number of hydrogen-bond acceptors (Lipinski definition) is 3. The van der Waals surface area contributed by atoms with Crippen molar-refractivity contribution in [1.82, 2.24) is 5.32 Å². The van der Waals surface area contributed by atoms with Crippen molar-refractivity contribution < 1.29 is 9.53 Å². The molecule has 3 aromatic carbocycles. The van der Waals surface area contributed by atoms with Crippen LogP contribution in [0.15, 0.2) is 78.2 Å². The van der Waals surface area contributed by atoms with Crippen LogP contribution in [-0.4, -0.2) is 6.41 Å². The first-order valence-corrected chi connectivity index (χ1v) is 7.92. The largest absolute Gasteiger partial charge is 0.439 e. The van der Waals surface area contributed by atoms with Crippen molar-refractivity contribution in [2.24, 2.45) is 0 Å². The lowest BCUT2D eigenvalue weighted by Gasteiger charge is -2.28. The zero-order valence-electron chi connectivity index (χ0n) is 13.3. The second-order valence-corrected chi connectivity index (χ2v) is 5.77.